The fraction of sp³-hybridized carbons (Fsp3) is 0.273. The van der Waals surface area contributed by atoms with Gasteiger partial charge in [0.05, 0.1) is 12.2 Å². The summed E-state index contributed by atoms with van der Waals surface area (Å²) in [4.78, 5) is 22.4. The van der Waals surface area contributed by atoms with Gasteiger partial charge in [-0.1, -0.05) is 0 Å². The Morgan fingerprint density at radius 1 is 1.27 bits per heavy atom. The van der Waals surface area contributed by atoms with Crippen LogP contribution in [0.4, 0.5) is 0 Å². The highest BCUT2D eigenvalue weighted by atomic mass is 16.5. The Hall–Kier alpha value is -1.84. The molecule has 0 saturated heterocycles. The largest absolute Gasteiger partial charge is 0.508 e. The zero-order valence-corrected chi connectivity index (χ0v) is 8.61. The zero-order valence-electron chi connectivity index (χ0n) is 8.61. The molecule has 0 unspecified atom stereocenters. The molecule has 0 spiro atoms. The number of phenolic OH excluding ortho intramolecular Hbond substituents is 1. The molecule has 0 aliphatic carbocycles. The molecule has 0 fully saturated rings. The van der Waals surface area contributed by atoms with E-state index in [0.29, 0.717) is 0 Å². The molecule has 0 aliphatic rings. The summed E-state index contributed by atoms with van der Waals surface area (Å²) < 4.78 is 4.76. The number of carbonyl (C=O) groups excluding carboxylic acids is 2. The molecule has 1 N–H and O–H groups in total. The van der Waals surface area contributed by atoms with Crippen LogP contribution >= 0.6 is 0 Å². The Bertz CT molecular complexity index is 396. The summed E-state index contributed by atoms with van der Waals surface area (Å²) in [5, 5.41) is 9.30. The second-order valence-corrected chi connectivity index (χ2v) is 3.05. The zero-order chi connectivity index (χ0) is 11.4. The third kappa shape index (κ3) is 2.80. The van der Waals surface area contributed by atoms with Crippen molar-refractivity contribution >= 4 is 11.8 Å². The summed E-state index contributed by atoms with van der Waals surface area (Å²) in [6, 6.07) is 3.98. The summed E-state index contributed by atoms with van der Waals surface area (Å²) in [6.07, 6.45) is 0. The van der Waals surface area contributed by atoms with Gasteiger partial charge in [-0.25, -0.2) is 4.79 Å². The topological polar surface area (TPSA) is 63.6 Å². The number of carbonyl (C=O) groups is 2. The van der Waals surface area contributed by atoms with Crippen LogP contribution in [0.25, 0.3) is 0 Å². The fourth-order valence-electron chi connectivity index (χ4n) is 1.15. The van der Waals surface area contributed by atoms with Crippen LogP contribution in [-0.4, -0.2) is 23.5 Å². The SMILES string of the molecule is CCOC(=O)c1cc(O)cc(C(C)=O)c1. The quantitative estimate of drug-likeness (QED) is 0.607. The summed E-state index contributed by atoms with van der Waals surface area (Å²) in [5.41, 5.74) is 0.472. The Kier molecular flexibility index (Phi) is 3.44. The summed E-state index contributed by atoms with van der Waals surface area (Å²) in [6.45, 7) is 3.31. The van der Waals surface area contributed by atoms with Crippen molar-refractivity contribution in [1.82, 2.24) is 0 Å². The van der Waals surface area contributed by atoms with Crippen LogP contribution in [0.3, 0.4) is 0 Å². The normalized spacial score (nSPS) is 9.73. The maximum Gasteiger partial charge on any atom is 0.338 e. The van der Waals surface area contributed by atoms with Gasteiger partial charge in [0.2, 0.25) is 0 Å². The molecule has 0 radical (unpaired) electrons. The molecule has 1 aromatic carbocycles. The van der Waals surface area contributed by atoms with E-state index in [1.165, 1.54) is 25.1 Å². The lowest BCUT2D eigenvalue weighted by Gasteiger charge is -2.04. The minimum absolute atomic E-state index is 0.120. The van der Waals surface area contributed by atoms with Crippen LogP contribution in [0, 0.1) is 0 Å². The molecule has 0 heterocycles. The van der Waals surface area contributed by atoms with Crippen LogP contribution in [0.2, 0.25) is 0 Å². The van der Waals surface area contributed by atoms with Crippen molar-refractivity contribution in [2.45, 2.75) is 13.8 Å². The van der Waals surface area contributed by atoms with Crippen LogP contribution in [0.15, 0.2) is 18.2 Å². The minimum Gasteiger partial charge on any atom is -0.508 e. The first-order chi connectivity index (χ1) is 7.04. The van der Waals surface area contributed by atoms with Gasteiger partial charge in [-0.3, -0.25) is 4.79 Å². The molecule has 1 aromatic rings. The number of hydrogen-bond donors (Lipinski definition) is 1. The smallest absolute Gasteiger partial charge is 0.338 e. The monoisotopic (exact) mass is 208 g/mol. The van der Waals surface area contributed by atoms with Crippen molar-refractivity contribution < 1.29 is 19.4 Å². The second-order valence-electron chi connectivity index (χ2n) is 3.05. The first-order valence-corrected chi connectivity index (χ1v) is 4.56. The number of hydrogen-bond acceptors (Lipinski definition) is 4. The van der Waals surface area contributed by atoms with Crippen molar-refractivity contribution in [3.8, 4) is 5.75 Å². The van der Waals surface area contributed by atoms with Gasteiger partial charge in [-0.2, -0.15) is 0 Å². The van der Waals surface area contributed by atoms with Crippen molar-refractivity contribution in [2.24, 2.45) is 0 Å². The Labute approximate surface area is 87.5 Å². The van der Waals surface area contributed by atoms with Gasteiger partial charge in [0, 0.05) is 5.56 Å². The van der Waals surface area contributed by atoms with E-state index in [2.05, 4.69) is 0 Å². The van der Waals surface area contributed by atoms with Crippen molar-refractivity contribution in [2.75, 3.05) is 6.61 Å². The molecule has 0 amide bonds. The molecule has 0 atom stereocenters. The predicted molar refractivity (Wildman–Crippen MR) is 54.1 cm³/mol. The van der Waals surface area contributed by atoms with Crippen molar-refractivity contribution in [1.29, 1.82) is 0 Å². The molecule has 1 rings (SSSR count). The lowest BCUT2D eigenvalue weighted by Crippen LogP contribution is -2.06. The van der Waals surface area contributed by atoms with E-state index in [9.17, 15) is 14.7 Å². The standard InChI is InChI=1S/C11H12O4/c1-3-15-11(14)9-4-8(7(2)12)5-10(13)6-9/h4-6,13H,3H2,1-2H3. The van der Waals surface area contributed by atoms with E-state index < -0.39 is 5.97 Å². The van der Waals surface area contributed by atoms with Crippen LogP contribution < -0.4 is 0 Å². The number of aromatic hydroxyl groups is 1. The molecule has 80 valence electrons. The Balaban J connectivity index is 3.09. The third-order valence-electron chi connectivity index (χ3n) is 1.84. The molecule has 4 heteroatoms. The Morgan fingerprint density at radius 3 is 2.40 bits per heavy atom. The molecular weight excluding hydrogens is 196 g/mol. The van der Waals surface area contributed by atoms with E-state index in [-0.39, 0.29) is 29.3 Å². The third-order valence-corrected chi connectivity index (χ3v) is 1.84. The molecule has 0 aliphatic heterocycles. The van der Waals surface area contributed by atoms with E-state index in [1.807, 2.05) is 0 Å². The number of rotatable bonds is 3. The molecule has 4 nitrogen and oxygen atoms in total. The molecular formula is C11H12O4. The maximum absolute atomic E-state index is 11.3. The highest BCUT2D eigenvalue weighted by molar-refractivity contribution is 5.98. The Morgan fingerprint density at radius 2 is 1.87 bits per heavy atom. The van der Waals surface area contributed by atoms with Crippen LogP contribution in [-0.2, 0) is 4.74 Å². The molecule has 0 saturated carbocycles. The van der Waals surface area contributed by atoms with Gasteiger partial charge in [-0.05, 0) is 32.0 Å². The van der Waals surface area contributed by atoms with Gasteiger partial charge in [0.1, 0.15) is 5.75 Å². The number of Topliss-reactive ketones (excluding diaryl/α,β-unsaturated/α-hetero) is 1. The predicted octanol–water partition coefficient (Wildman–Crippen LogP) is 1.77. The maximum atomic E-state index is 11.3. The highest BCUT2D eigenvalue weighted by Crippen LogP contribution is 2.17. The number of benzene rings is 1. The number of ether oxygens (including phenoxy) is 1. The van der Waals surface area contributed by atoms with Gasteiger partial charge in [0.15, 0.2) is 5.78 Å². The number of ketones is 1. The number of phenols is 1. The first kappa shape index (κ1) is 11.2. The molecule has 15 heavy (non-hydrogen) atoms. The van der Waals surface area contributed by atoms with E-state index in [0.717, 1.165) is 0 Å². The summed E-state index contributed by atoms with van der Waals surface area (Å²) in [7, 11) is 0. The highest BCUT2D eigenvalue weighted by Gasteiger charge is 2.11. The fourth-order valence-corrected chi connectivity index (χ4v) is 1.15. The number of esters is 1. The van der Waals surface area contributed by atoms with E-state index in [1.54, 1.807) is 6.92 Å². The minimum atomic E-state index is -0.545. The van der Waals surface area contributed by atoms with Crippen LogP contribution in [0.1, 0.15) is 34.6 Å². The molecule has 0 aromatic heterocycles. The first-order valence-electron chi connectivity index (χ1n) is 4.56. The van der Waals surface area contributed by atoms with E-state index in [4.69, 9.17) is 4.74 Å². The van der Waals surface area contributed by atoms with Gasteiger partial charge < -0.3 is 9.84 Å². The average Bonchev–Trinajstić information content (AvgIpc) is 2.17. The lowest BCUT2D eigenvalue weighted by atomic mass is 10.1. The van der Waals surface area contributed by atoms with Crippen molar-refractivity contribution in [3.05, 3.63) is 29.3 Å². The summed E-state index contributed by atoms with van der Waals surface area (Å²) >= 11 is 0. The van der Waals surface area contributed by atoms with Crippen molar-refractivity contribution in [3.63, 3.8) is 0 Å². The lowest BCUT2D eigenvalue weighted by molar-refractivity contribution is 0.0526. The summed E-state index contributed by atoms with van der Waals surface area (Å²) in [5.74, 6) is -0.877. The molecule has 0 bridgehead atoms. The average molecular weight is 208 g/mol. The van der Waals surface area contributed by atoms with E-state index >= 15 is 0 Å². The van der Waals surface area contributed by atoms with Gasteiger partial charge in [-0.15, -0.1) is 0 Å². The van der Waals surface area contributed by atoms with Gasteiger partial charge in [0.25, 0.3) is 0 Å². The van der Waals surface area contributed by atoms with Gasteiger partial charge >= 0.3 is 5.97 Å². The second kappa shape index (κ2) is 4.59. The van der Waals surface area contributed by atoms with Crippen LogP contribution in [0.5, 0.6) is 5.75 Å².